The molecule has 10 heteroatoms. The summed E-state index contributed by atoms with van der Waals surface area (Å²) >= 11 is 0. The summed E-state index contributed by atoms with van der Waals surface area (Å²) in [7, 11) is -7.83. The van der Waals surface area contributed by atoms with Crippen molar-refractivity contribution in [3.8, 4) is 0 Å². The van der Waals surface area contributed by atoms with Crippen LogP contribution in [0.3, 0.4) is 0 Å². The van der Waals surface area contributed by atoms with E-state index < -0.39 is 19.9 Å². The Labute approximate surface area is 215 Å². The maximum absolute atomic E-state index is 13.5. The second-order valence-electron chi connectivity index (χ2n) is 10.2. The van der Waals surface area contributed by atoms with E-state index in [4.69, 9.17) is 4.74 Å². The first-order valence-electron chi connectivity index (χ1n) is 12.6. The Kier molecular flexibility index (Phi) is 8.11. The van der Waals surface area contributed by atoms with E-state index in [1.54, 1.807) is 18.2 Å². The van der Waals surface area contributed by atoms with Crippen LogP contribution < -0.4 is 14.9 Å². The molecule has 2 fully saturated rings. The lowest BCUT2D eigenvalue weighted by atomic mass is 10.0. The fraction of sp³-hybridized carbons (Fsp3) is 0.538. The molecule has 36 heavy (non-hydrogen) atoms. The molecule has 198 valence electrons. The van der Waals surface area contributed by atoms with Crippen LogP contribution in [0.1, 0.15) is 52.0 Å². The predicted octanol–water partition coefficient (Wildman–Crippen LogP) is 3.29. The van der Waals surface area contributed by atoms with Crippen molar-refractivity contribution in [1.82, 2.24) is 10.0 Å². The van der Waals surface area contributed by atoms with E-state index in [9.17, 15) is 16.8 Å². The minimum atomic E-state index is -3.92. The number of benzene rings is 2. The summed E-state index contributed by atoms with van der Waals surface area (Å²) in [6, 6.07) is 11.7. The fourth-order valence-electron chi connectivity index (χ4n) is 4.82. The normalized spacial score (nSPS) is 22.2. The van der Waals surface area contributed by atoms with Crippen LogP contribution in [0.15, 0.2) is 57.2 Å². The molecule has 0 saturated carbocycles. The van der Waals surface area contributed by atoms with Gasteiger partial charge in [0.25, 0.3) is 0 Å². The van der Waals surface area contributed by atoms with E-state index >= 15 is 0 Å². The van der Waals surface area contributed by atoms with Gasteiger partial charge >= 0.3 is 0 Å². The van der Waals surface area contributed by atoms with Crippen molar-refractivity contribution < 1.29 is 21.6 Å². The van der Waals surface area contributed by atoms with Crippen LogP contribution >= 0.6 is 0 Å². The largest absolute Gasteiger partial charge is 0.381 e. The molecular weight excluding hydrogens is 498 g/mol. The van der Waals surface area contributed by atoms with Crippen LogP contribution in [-0.2, 0) is 24.6 Å². The summed E-state index contributed by atoms with van der Waals surface area (Å²) in [6.07, 6.45) is 1.18. The molecule has 8 nitrogen and oxygen atoms in total. The van der Waals surface area contributed by atoms with Crippen molar-refractivity contribution in [3.63, 3.8) is 0 Å². The predicted molar refractivity (Wildman–Crippen MR) is 141 cm³/mol. The van der Waals surface area contributed by atoms with Gasteiger partial charge in [-0.05, 0) is 74.6 Å². The van der Waals surface area contributed by atoms with Crippen LogP contribution in [0.5, 0.6) is 0 Å². The molecule has 0 bridgehead atoms. The number of nitrogens with one attached hydrogen (secondary N) is 2. The molecule has 2 N–H and O–H groups in total. The van der Waals surface area contributed by atoms with Crippen molar-refractivity contribution in [2.75, 3.05) is 31.2 Å². The molecule has 0 radical (unpaired) electrons. The third kappa shape index (κ3) is 5.78. The third-order valence-corrected chi connectivity index (χ3v) is 10.3. The first kappa shape index (κ1) is 27.1. The van der Waals surface area contributed by atoms with Crippen LogP contribution in [0.2, 0.25) is 0 Å². The molecule has 2 heterocycles. The highest BCUT2D eigenvalue weighted by Crippen LogP contribution is 2.31. The maximum Gasteiger partial charge on any atom is 0.241 e. The fourth-order valence-corrected chi connectivity index (χ4v) is 7.88. The number of rotatable bonds is 7. The molecule has 0 aliphatic carbocycles. The van der Waals surface area contributed by atoms with Crippen LogP contribution in [-0.4, -0.2) is 61.3 Å². The van der Waals surface area contributed by atoms with E-state index in [0.717, 1.165) is 18.8 Å². The van der Waals surface area contributed by atoms with Crippen molar-refractivity contribution in [1.29, 1.82) is 0 Å². The van der Waals surface area contributed by atoms with Gasteiger partial charge in [-0.3, -0.25) is 0 Å². The van der Waals surface area contributed by atoms with Crippen LogP contribution in [0, 0.1) is 0 Å². The zero-order valence-corrected chi connectivity index (χ0v) is 23.0. The Bertz CT molecular complexity index is 1270. The zero-order chi connectivity index (χ0) is 26.1. The second kappa shape index (κ2) is 10.8. The summed E-state index contributed by atoms with van der Waals surface area (Å²) < 4.78 is 61.9. The molecule has 2 atom stereocenters. The van der Waals surface area contributed by atoms with E-state index in [0.29, 0.717) is 43.7 Å². The van der Waals surface area contributed by atoms with Crippen LogP contribution in [0.4, 0.5) is 5.69 Å². The molecule has 2 aromatic carbocycles. The monoisotopic (exact) mass is 535 g/mol. The number of piperazine rings is 1. The van der Waals surface area contributed by atoms with Gasteiger partial charge in [-0.1, -0.05) is 19.9 Å². The summed E-state index contributed by atoms with van der Waals surface area (Å²) in [5, 5.41) is 3.45. The van der Waals surface area contributed by atoms with Gasteiger partial charge in [0, 0.05) is 50.1 Å². The number of ether oxygens (including phenoxy) is 1. The molecule has 0 aromatic heterocycles. The molecule has 4 rings (SSSR count). The molecule has 2 aliphatic heterocycles. The van der Waals surface area contributed by atoms with Crippen LogP contribution in [0.25, 0.3) is 0 Å². The number of hydrogen-bond acceptors (Lipinski definition) is 7. The quantitative estimate of drug-likeness (QED) is 0.561. The molecule has 2 aromatic rings. The smallest absolute Gasteiger partial charge is 0.241 e. The van der Waals surface area contributed by atoms with Gasteiger partial charge in [-0.25, -0.2) is 21.6 Å². The Balaban J connectivity index is 1.65. The molecule has 0 amide bonds. The standard InChI is InChI=1S/C26H37N3O5S2/c1-18(2)25-10-9-24(15-26(25)36(32,33)28-21-11-13-34-14-12-21)35(30,31)23-7-5-22(6-8-23)29-17-19(3)27-16-20(29)4/h5-10,15,18-21,27-28H,11-14,16-17H2,1-4H3. The van der Waals surface area contributed by atoms with Gasteiger partial charge < -0.3 is 15.0 Å². The minimum Gasteiger partial charge on any atom is -0.381 e. The summed E-state index contributed by atoms with van der Waals surface area (Å²) in [6.45, 7) is 10.8. The lowest BCUT2D eigenvalue weighted by Crippen LogP contribution is -2.54. The van der Waals surface area contributed by atoms with Gasteiger partial charge in [0.1, 0.15) is 0 Å². The Morgan fingerprint density at radius 2 is 1.61 bits per heavy atom. The Morgan fingerprint density at radius 3 is 2.25 bits per heavy atom. The highest BCUT2D eigenvalue weighted by atomic mass is 32.2. The molecule has 2 unspecified atom stereocenters. The average Bonchev–Trinajstić information content (AvgIpc) is 2.85. The third-order valence-electron chi connectivity index (χ3n) is 6.99. The minimum absolute atomic E-state index is 0.0188. The first-order chi connectivity index (χ1) is 17.0. The number of anilines is 1. The highest BCUT2D eigenvalue weighted by Gasteiger charge is 2.29. The summed E-state index contributed by atoms with van der Waals surface area (Å²) in [5.41, 5.74) is 1.56. The number of nitrogens with zero attached hydrogens (tertiary/aromatic N) is 1. The van der Waals surface area contributed by atoms with Crippen molar-refractivity contribution in [2.45, 2.75) is 79.3 Å². The van der Waals surface area contributed by atoms with Gasteiger partial charge in [0.2, 0.25) is 19.9 Å². The van der Waals surface area contributed by atoms with E-state index in [2.05, 4.69) is 28.8 Å². The van der Waals surface area contributed by atoms with Crippen molar-refractivity contribution in [3.05, 3.63) is 48.0 Å². The summed E-state index contributed by atoms with van der Waals surface area (Å²) in [4.78, 5) is 2.39. The van der Waals surface area contributed by atoms with Gasteiger partial charge in [-0.2, -0.15) is 0 Å². The first-order valence-corrected chi connectivity index (χ1v) is 15.5. The second-order valence-corrected chi connectivity index (χ2v) is 13.8. The van der Waals surface area contributed by atoms with Gasteiger partial charge in [0.05, 0.1) is 14.7 Å². The molecule has 0 spiro atoms. The average molecular weight is 536 g/mol. The molecular formula is C26H37N3O5S2. The highest BCUT2D eigenvalue weighted by molar-refractivity contribution is 7.91. The molecule has 2 saturated heterocycles. The van der Waals surface area contributed by atoms with Gasteiger partial charge in [0.15, 0.2) is 0 Å². The number of sulfonamides is 1. The molecule has 2 aliphatic rings. The maximum atomic E-state index is 13.5. The SMILES string of the molecule is CC1CN(c2ccc(S(=O)(=O)c3ccc(C(C)C)c(S(=O)(=O)NC4CCOCC4)c3)cc2)C(C)CN1. The van der Waals surface area contributed by atoms with E-state index in [-0.39, 0.29) is 26.6 Å². The lowest BCUT2D eigenvalue weighted by Gasteiger charge is -2.39. The number of sulfone groups is 1. The van der Waals surface area contributed by atoms with E-state index in [1.165, 1.54) is 12.1 Å². The topological polar surface area (TPSA) is 105 Å². The zero-order valence-electron chi connectivity index (χ0n) is 21.4. The Hall–Kier alpha value is -1.98. The Morgan fingerprint density at radius 1 is 0.972 bits per heavy atom. The van der Waals surface area contributed by atoms with Gasteiger partial charge in [-0.15, -0.1) is 0 Å². The van der Waals surface area contributed by atoms with E-state index in [1.807, 2.05) is 26.0 Å². The lowest BCUT2D eigenvalue weighted by molar-refractivity contribution is 0.0832. The summed E-state index contributed by atoms with van der Waals surface area (Å²) in [5.74, 6) is -0.0919. The number of hydrogen-bond donors (Lipinski definition) is 2. The van der Waals surface area contributed by atoms with Crippen molar-refractivity contribution in [2.24, 2.45) is 0 Å². The van der Waals surface area contributed by atoms with Crippen molar-refractivity contribution >= 4 is 25.5 Å².